The molecular formula is C21H28F5N5. The van der Waals surface area contributed by atoms with Crippen LogP contribution in [0.2, 0.25) is 0 Å². The maximum atomic E-state index is 13.2. The van der Waals surface area contributed by atoms with Crippen LogP contribution in [-0.2, 0) is 6.18 Å². The lowest BCUT2D eigenvalue weighted by Crippen LogP contribution is -2.59. The molecule has 0 amide bonds. The topological polar surface area (TPSA) is 78.0 Å². The number of alkyl halides is 5. The zero-order valence-electron chi connectivity index (χ0n) is 17.5. The van der Waals surface area contributed by atoms with E-state index in [1.54, 1.807) is 0 Å². The average Bonchev–Trinajstić information content (AvgIpc) is 3.11. The van der Waals surface area contributed by atoms with Crippen LogP contribution >= 0.6 is 0 Å². The van der Waals surface area contributed by atoms with E-state index in [2.05, 4.69) is 10.3 Å². The zero-order chi connectivity index (χ0) is 22.7. The number of nitrogens with two attached hydrogens (primary N) is 1. The average molecular weight is 445 g/mol. The van der Waals surface area contributed by atoms with Crippen LogP contribution in [0.15, 0.2) is 12.3 Å². The molecule has 2 saturated carbocycles. The van der Waals surface area contributed by atoms with Gasteiger partial charge in [0.05, 0.1) is 18.7 Å². The van der Waals surface area contributed by atoms with E-state index >= 15 is 0 Å². The lowest BCUT2D eigenvalue weighted by molar-refractivity contribution is -0.146. The highest BCUT2D eigenvalue weighted by Gasteiger charge is 2.61. The Labute approximate surface area is 178 Å². The van der Waals surface area contributed by atoms with Gasteiger partial charge in [-0.3, -0.25) is 4.90 Å². The number of rotatable bonds is 7. The molecule has 0 bridgehead atoms. The zero-order valence-corrected chi connectivity index (χ0v) is 17.5. The first-order chi connectivity index (χ1) is 14.4. The summed E-state index contributed by atoms with van der Waals surface area (Å²) in [6, 6.07) is 1.19. The number of likely N-dealkylation sites (tertiary alicyclic amines) is 1. The van der Waals surface area contributed by atoms with Crippen LogP contribution in [0.5, 0.6) is 0 Å². The van der Waals surface area contributed by atoms with Gasteiger partial charge in [0.15, 0.2) is 0 Å². The van der Waals surface area contributed by atoms with Gasteiger partial charge in [-0.15, -0.1) is 0 Å². The summed E-state index contributed by atoms with van der Waals surface area (Å²) in [5.41, 5.74) is 4.54. The van der Waals surface area contributed by atoms with Crippen molar-refractivity contribution in [1.29, 1.82) is 5.41 Å². The van der Waals surface area contributed by atoms with E-state index in [0.717, 1.165) is 18.9 Å². The second kappa shape index (κ2) is 7.65. The van der Waals surface area contributed by atoms with Gasteiger partial charge in [-0.2, -0.15) is 13.2 Å². The van der Waals surface area contributed by atoms with Crippen molar-refractivity contribution in [3.8, 4) is 0 Å². The number of pyridine rings is 1. The van der Waals surface area contributed by atoms with E-state index in [4.69, 9.17) is 11.1 Å². The lowest BCUT2D eigenvalue weighted by Gasteiger charge is -2.43. The van der Waals surface area contributed by atoms with Crippen LogP contribution in [0, 0.1) is 23.2 Å². The Morgan fingerprint density at radius 2 is 1.90 bits per heavy atom. The Kier molecular flexibility index (Phi) is 5.53. The van der Waals surface area contributed by atoms with Crippen molar-refractivity contribution in [1.82, 2.24) is 15.2 Å². The van der Waals surface area contributed by atoms with Gasteiger partial charge in [-0.05, 0) is 36.7 Å². The molecule has 3 unspecified atom stereocenters. The Bertz CT molecular complexity index is 835. The SMILES string of the molecule is CC(C)NC(CC(=N)c1cnc(N)c(C(F)(F)F)c1)C1[C@H]2CC(N3CC(F)(F)C3)C[C@@H]12. The molecule has 4 rings (SSSR count). The monoisotopic (exact) mass is 445 g/mol. The van der Waals surface area contributed by atoms with Gasteiger partial charge in [0.25, 0.3) is 5.92 Å². The molecule has 3 aliphatic rings. The Hall–Kier alpha value is -1.81. The van der Waals surface area contributed by atoms with Crippen molar-refractivity contribution in [3.63, 3.8) is 0 Å². The smallest absolute Gasteiger partial charge is 0.383 e. The summed E-state index contributed by atoms with van der Waals surface area (Å²) in [6.45, 7) is 3.66. The molecule has 0 aromatic carbocycles. The molecule has 1 aromatic heterocycles. The summed E-state index contributed by atoms with van der Waals surface area (Å²) in [7, 11) is 0. The summed E-state index contributed by atoms with van der Waals surface area (Å²) in [6.07, 6.45) is -1.38. The predicted molar refractivity (Wildman–Crippen MR) is 107 cm³/mol. The fraction of sp³-hybridized carbons (Fsp3) is 0.714. The number of fused-ring (bicyclic) bond motifs is 1. The molecule has 0 spiro atoms. The molecule has 31 heavy (non-hydrogen) atoms. The first kappa shape index (κ1) is 22.4. The maximum Gasteiger partial charge on any atom is 0.419 e. The fourth-order valence-electron chi connectivity index (χ4n) is 5.50. The lowest BCUT2D eigenvalue weighted by atomic mass is 9.93. The van der Waals surface area contributed by atoms with Crippen LogP contribution in [0.1, 0.15) is 44.2 Å². The van der Waals surface area contributed by atoms with Crippen molar-refractivity contribution in [2.75, 3.05) is 18.8 Å². The quantitative estimate of drug-likeness (QED) is 0.441. The number of anilines is 1. The molecule has 3 fully saturated rings. The molecule has 0 radical (unpaired) electrons. The Morgan fingerprint density at radius 3 is 2.42 bits per heavy atom. The van der Waals surface area contributed by atoms with Crippen molar-refractivity contribution < 1.29 is 22.0 Å². The highest BCUT2D eigenvalue weighted by molar-refractivity contribution is 5.98. The van der Waals surface area contributed by atoms with Gasteiger partial charge < -0.3 is 16.5 Å². The van der Waals surface area contributed by atoms with Crippen molar-refractivity contribution in [2.24, 2.45) is 17.8 Å². The van der Waals surface area contributed by atoms with E-state index in [9.17, 15) is 22.0 Å². The van der Waals surface area contributed by atoms with E-state index in [1.165, 1.54) is 6.20 Å². The van der Waals surface area contributed by atoms with Gasteiger partial charge in [0, 0.05) is 42.0 Å². The van der Waals surface area contributed by atoms with E-state index in [1.807, 2.05) is 18.7 Å². The highest BCUT2D eigenvalue weighted by atomic mass is 19.4. The first-order valence-electron chi connectivity index (χ1n) is 10.6. The van der Waals surface area contributed by atoms with Gasteiger partial charge in [0.1, 0.15) is 5.82 Å². The largest absolute Gasteiger partial charge is 0.419 e. The third-order valence-corrected chi connectivity index (χ3v) is 6.88. The van der Waals surface area contributed by atoms with Gasteiger partial charge >= 0.3 is 6.18 Å². The minimum absolute atomic E-state index is 0.0480. The summed E-state index contributed by atoms with van der Waals surface area (Å²) < 4.78 is 65.8. The molecule has 2 aliphatic carbocycles. The summed E-state index contributed by atoms with van der Waals surface area (Å²) in [5.74, 6) is -2.02. The molecule has 1 saturated heterocycles. The number of halogens is 5. The van der Waals surface area contributed by atoms with E-state index < -0.39 is 23.5 Å². The van der Waals surface area contributed by atoms with Crippen LogP contribution in [-0.4, -0.2) is 52.7 Å². The van der Waals surface area contributed by atoms with Crippen molar-refractivity contribution >= 4 is 11.5 Å². The molecule has 10 heteroatoms. The molecule has 1 aliphatic heterocycles. The highest BCUT2D eigenvalue weighted by Crippen LogP contribution is 2.61. The first-order valence-corrected chi connectivity index (χ1v) is 10.6. The van der Waals surface area contributed by atoms with Crippen LogP contribution in [0.25, 0.3) is 0 Å². The number of hydrogen-bond donors (Lipinski definition) is 3. The molecule has 2 heterocycles. The molecule has 1 aromatic rings. The molecule has 5 atom stereocenters. The van der Waals surface area contributed by atoms with Gasteiger partial charge in [-0.25, -0.2) is 13.8 Å². The minimum atomic E-state index is -4.63. The second-order valence-corrected chi connectivity index (χ2v) is 9.56. The Morgan fingerprint density at radius 1 is 1.29 bits per heavy atom. The van der Waals surface area contributed by atoms with Crippen LogP contribution in [0.4, 0.5) is 27.8 Å². The third kappa shape index (κ3) is 4.55. The number of aromatic nitrogens is 1. The standard InChI is InChI=1S/C21H28F5N5/c1-10(2)30-17(6-16(27)11-3-15(21(24,25)26)19(28)29-7-11)18-13-4-12(5-14(13)18)31-8-20(22,23)9-31/h3,7,10,12-14,17-18,27,30H,4-6,8-9H2,1-2H3,(H2,28,29)/t12?,13-,14+,17?,18?. The maximum absolute atomic E-state index is 13.2. The Balaban J connectivity index is 1.41. The molecular weight excluding hydrogens is 417 g/mol. The van der Waals surface area contributed by atoms with Crippen molar-refractivity contribution in [2.45, 2.75) is 63.3 Å². The fourth-order valence-corrected chi connectivity index (χ4v) is 5.50. The van der Waals surface area contributed by atoms with Gasteiger partial charge in [-0.1, -0.05) is 13.8 Å². The number of nitrogens with zero attached hydrogens (tertiary/aromatic N) is 2. The summed E-state index contributed by atoms with van der Waals surface area (Å²) in [4.78, 5) is 5.50. The third-order valence-electron chi connectivity index (χ3n) is 6.88. The normalized spacial score (nSPS) is 30.7. The molecule has 172 valence electrons. The van der Waals surface area contributed by atoms with Crippen molar-refractivity contribution in [3.05, 3.63) is 23.4 Å². The molecule has 5 nitrogen and oxygen atoms in total. The van der Waals surface area contributed by atoms with E-state index in [-0.39, 0.29) is 48.9 Å². The van der Waals surface area contributed by atoms with Gasteiger partial charge in [0.2, 0.25) is 0 Å². The number of hydrogen-bond acceptors (Lipinski definition) is 5. The summed E-state index contributed by atoms with van der Waals surface area (Å²) >= 11 is 0. The van der Waals surface area contributed by atoms with E-state index in [0.29, 0.717) is 17.8 Å². The predicted octanol–water partition coefficient (Wildman–Crippen LogP) is 3.78. The van der Waals surface area contributed by atoms with Crippen LogP contribution < -0.4 is 11.1 Å². The minimum Gasteiger partial charge on any atom is -0.383 e. The molecule has 4 N–H and O–H groups in total. The summed E-state index contributed by atoms with van der Waals surface area (Å²) in [5, 5.41) is 11.9. The number of nitrogens with one attached hydrogen (secondary N) is 2. The second-order valence-electron chi connectivity index (χ2n) is 9.56. The number of nitrogen functional groups attached to an aromatic ring is 1. The van der Waals surface area contributed by atoms with Crippen LogP contribution in [0.3, 0.4) is 0 Å².